The molecule has 0 unspecified atom stereocenters. The van der Waals surface area contributed by atoms with Crippen molar-refractivity contribution in [2.45, 2.75) is 52.2 Å². The molecule has 0 bridgehead atoms. The standard InChI is InChI=1S/C21H22FN5O2.C2H6.C2H2/c1-12(28)25-15-7-5-13(6-8-15)14-9-19-20(26-18-4-2-3-17(18)22)16(21(23)29)10-24-27(19)11-14;2*1-2/h5-11,17-18,26H,2-4H2,1H3,(H2,23,29)(H,25,28);1-2H3;1-2H/t17-,18+;;/m0../s1. The first-order valence-corrected chi connectivity index (χ1v) is 10.9. The summed E-state index contributed by atoms with van der Waals surface area (Å²) in [7, 11) is 0. The van der Waals surface area contributed by atoms with E-state index in [1.165, 1.54) is 13.1 Å². The second kappa shape index (κ2) is 11.7. The van der Waals surface area contributed by atoms with E-state index < -0.39 is 12.1 Å². The zero-order valence-electron chi connectivity index (χ0n) is 19.1. The molecule has 7 nitrogen and oxygen atoms in total. The first-order chi connectivity index (χ1) is 15.9. The molecule has 1 saturated carbocycles. The Bertz CT molecular complexity index is 1120. The molecular formula is C25H30FN5O2. The summed E-state index contributed by atoms with van der Waals surface area (Å²) in [5.74, 6) is -0.748. The Morgan fingerprint density at radius 2 is 1.82 bits per heavy atom. The first kappa shape index (κ1) is 25.4. The van der Waals surface area contributed by atoms with Gasteiger partial charge in [-0.15, -0.1) is 12.8 Å². The molecule has 2 aromatic heterocycles. The molecule has 4 N–H and O–H groups in total. The van der Waals surface area contributed by atoms with Crippen molar-refractivity contribution in [3.8, 4) is 24.0 Å². The van der Waals surface area contributed by atoms with E-state index in [2.05, 4.69) is 28.6 Å². The molecule has 2 amide bonds. The summed E-state index contributed by atoms with van der Waals surface area (Å²) in [5.41, 5.74) is 9.42. The molecule has 0 saturated heterocycles. The molecule has 4 rings (SSSR count). The lowest BCUT2D eigenvalue weighted by Crippen LogP contribution is -2.27. The van der Waals surface area contributed by atoms with Crippen molar-refractivity contribution < 1.29 is 14.0 Å². The monoisotopic (exact) mass is 451 g/mol. The number of nitrogens with zero attached hydrogens (tertiary/aromatic N) is 2. The van der Waals surface area contributed by atoms with Crippen molar-refractivity contribution in [1.29, 1.82) is 0 Å². The summed E-state index contributed by atoms with van der Waals surface area (Å²) in [6.07, 6.45) is 12.3. The van der Waals surface area contributed by atoms with Gasteiger partial charge in [-0.2, -0.15) is 5.10 Å². The number of hydrogen-bond acceptors (Lipinski definition) is 4. The van der Waals surface area contributed by atoms with Crippen LogP contribution in [0.3, 0.4) is 0 Å². The van der Waals surface area contributed by atoms with E-state index in [0.717, 1.165) is 17.5 Å². The first-order valence-electron chi connectivity index (χ1n) is 10.9. The minimum atomic E-state index is -0.959. The van der Waals surface area contributed by atoms with E-state index in [4.69, 9.17) is 5.73 Å². The van der Waals surface area contributed by atoms with Gasteiger partial charge in [0.1, 0.15) is 6.17 Å². The van der Waals surface area contributed by atoms with Crippen LogP contribution in [-0.2, 0) is 4.79 Å². The van der Waals surface area contributed by atoms with Gasteiger partial charge in [-0.3, -0.25) is 9.59 Å². The number of fused-ring (bicyclic) bond motifs is 1. The van der Waals surface area contributed by atoms with Crippen LogP contribution < -0.4 is 16.4 Å². The lowest BCUT2D eigenvalue weighted by atomic mass is 10.1. The molecular weight excluding hydrogens is 421 g/mol. The molecule has 0 radical (unpaired) electrons. The summed E-state index contributed by atoms with van der Waals surface area (Å²) < 4.78 is 15.8. The number of anilines is 2. The summed E-state index contributed by atoms with van der Waals surface area (Å²) in [6, 6.07) is 8.93. The van der Waals surface area contributed by atoms with Crippen LogP contribution >= 0.6 is 0 Å². The second-order valence-electron chi connectivity index (χ2n) is 7.31. The van der Waals surface area contributed by atoms with Gasteiger partial charge in [0.15, 0.2) is 0 Å². The van der Waals surface area contributed by atoms with Crippen LogP contribution in [0.1, 0.15) is 50.4 Å². The van der Waals surface area contributed by atoms with Crippen LogP contribution in [0.2, 0.25) is 0 Å². The third-order valence-corrected chi connectivity index (χ3v) is 5.20. The number of alkyl halides is 1. The maximum atomic E-state index is 14.2. The minimum Gasteiger partial charge on any atom is -0.377 e. The van der Waals surface area contributed by atoms with Gasteiger partial charge in [-0.05, 0) is 43.0 Å². The van der Waals surface area contributed by atoms with Crippen molar-refractivity contribution in [2.75, 3.05) is 10.6 Å². The molecule has 33 heavy (non-hydrogen) atoms. The van der Waals surface area contributed by atoms with Gasteiger partial charge in [0, 0.05) is 24.4 Å². The lowest BCUT2D eigenvalue weighted by Gasteiger charge is -2.19. The van der Waals surface area contributed by atoms with Gasteiger partial charge in [-0.1, -0.05) is 26.0 Å². The highest BCUT2D eigenvalue weighted by atomic mass is 19.1. The Morgan fingerprint density at radius 1 is 1.15 bits per heavy atom. The molecule has 0 spiro atoms. The normalized spacial score (nSPS) is 16.7. The smallest absolute Gasteiger partial charge is 0.252 e. The Labute approximate surface area is 193 Å². The number of carbonyl (C=O) groups excluding carboxylic acids is 2. The van der Waals surface area contributed by atoms with Crippen molar-refractivity contribution in [1.82, 2.24) is 9.61 Å². The molecule has 1 fully saturated rings. The number of carbonyl (C=O) groups is 2. The average Bonchev–Trinajstić information content (AvgIpc) is 3.43. The molecule has 2 heterocycles. The average molecular weight is 452 g/mol. The fraction of sp³-hybridized carbons (Fsp3) is 0.320. The number of aromatic nitrogens is 2. The fourth-order valence-electron chi connectivity index (χ4n) is 3.77. The third-order valence-electron chi connectivity index (χ3n) is 5.20. The number of halogens is 1. The van der Waals surface area contributed by atoms with Crippen LogP contribution in [0.4, 0.5) is 15.8 Å². The summed E-state index contributed by atoms with van der Waals surface area (Å²) >= 11 is 0. The van der Waals surface area contributed by atoms with Crippen LogP contribution in [0.5, 0.6) is 0 Å². The predicted octanol–water partition coefficient (Wildman–Crippen LogP) is 4.64. The number of nitrogens with two attached hydrogens (primary N) is 1. The summed E-state index contributed by atoms with van der Waals surface area (Å²) in [4.78, 5) is 23.1. The highest BCUT2D eigenvalue weighted by Gasteiger charge is 2.29. The van der Waals surface area contributed by atoms with E-state index in [9.17, 15) is 14.0 Å². The Balaban J connectivity index is 0.000000914. The predicted molar refractivity (Wildman–Crippen MR) is 131 cm³/mol. The largest absolute Gasteiger partial charge is 0.377 e. The van der Waals surface area contributed by atoms with Gasteiger partial charge in [0.25, 0.3) is 5.91 Å². The molecule has 8 heteroatoms. The third kappa shape index (κ3) is 5.89. The van der Waals surface area contributed by atoms with Crippen LogP contribution in [0, 0.1) is 12.8 Å². The van der Waals surface area contributed by atoms with Crippen molar-refractivity contribution in [2.24, 2.45) is 5.73 Å². The summed E-state index contributed by atoms with van der Waals surface area (Å²) in [5, 5.41) is 10.2. The highest BCUT2D eigenvalue weighted by molar-refractivity contribution is 6.02. The number of rotatable bonds is 5. The molecule has 1 aromatic carbocycles. The van der Waals surface area contributed by atoms with Crippen molar-refractivity contribution >= 4 is 28.7 Å². The summed E-state index contributed by atoms with van der Waals surface area (Å²) in [6.45, 7) is 5.46. The minimum absolute atomic E-state index is 0.135. The number of primary amides is 1. The van der Waals surface area contributed by atoms with Gasteiger partial charge < -0.3 is 16.4 Å². The molecule has 0 aliphatic heterocycles. The van der Waals surface area contributed by atoms with Crippen LogP contribution in [0.25, 0.3) is 16.6 Å². The molecule has 3 aromatic rings. The van der Waals surface area contributed by atoms with Crippen molar-refractivity contribution in [3.05, 3.63) is 48.3 Å². The van der Waals surface area contributed by atoms with E-state index in [0.29, 0.717) is 29.7 Å². The Morgan fingerprint density at radius 3 is 2.36 bits per heavy atom. The van der Waals surface area contributed by atoms with Gasteiger partial charge in [0.05, 0.1) is 29.0 Å². The number of hydrogen-bond donors (Lipinski definition) is 3. The quantitative estimate of drug-likeness (QED) is 0.492. The maximum absolute atomic E-state index is 14.2. The van der Waals surface area contributed by atoms with Crippen LogP contribution in [-0.4, -0.2) is 33.6 Å². The Hall–Kier alpha value is -3.86. The zero-order valence-corrected chi connectivity index (χ0v) is 19.1. The molecule has 2 atom stereocenters. The fourth-order valence-corrected chi connectivity index (χ4v) is 3.77. The molecule has 1 aliphatic carbocycles. The number of terminal acetylenes is 1. The van der Waals surface area contributed by atoms with Gasteiger partial charge in [-0.25, -0.2) is 8.91 Å². The topological polar surface area (TPSA) is 102 Å². The SMILES string of the molecule is C#C.CC.CC(=O)Nc1ccc(-c2cc3c(N[C@@H]4CCC[C@@H]4F)c(C(N)=O)cnn3c2)cc1. The van der Waals surface area contributed by atoms with E-state index in [1.807, 2.05) is 50.4 Å². The maximum Gasteiger partial charge on any atom is 0.252 e. The van der Waals surface area contributed by atoms with Crippen LogP contribution in [0.15, 0.2) is 42.7 Å². The molecule has 174 valence electrons. The number of amides is 2. The van der Waals surface area contributed by atoms with E-state index in [1.54, 1.807) is 4.52 Å². The second-order valence-corrected chi connectivity index (χ2v) is 7.31. The lowest BCUT2D eigenvalue weighted by molar-refractivity contribution is -0.114. The number of nitrogens with one attached hydrogen (secondary N) is 2. The highest BCUT2D eigenvalue weighted by Crippen LogP contribution is 2.32. The van der Waals surface area contributed by atoms with Gasteiger partial charge in [0.2, 0.25) is 5.91 Å². The number of benzene rings is 1. The van der Waals surface area contributed by atoms with Crippen molar-refractivity contribution in [3.63, 3.8) is 0 Å². The van der Waals surface area contributed by atoms with E-state index in [-0.39, 0.29) is 17.5 Å². The molecule has 1 aliphatic rings. The van der Waals surface area contributed by atoms with E-state index >= 15 is 0 Å². The Kier molecular flexibility index (Phi) is 8.98. The van der Waals surface area contributed by atoms with Gasteiger partial charge >= 0.3 is 0 Å². The zero-order chi connectivity index (χ0) is 24.5.